The van der Waals surface area contributed by atoms with E-state index in [1.807, 2.05) is 11.8 Å². The molecule has 0 saturated carbocycles. The summed E-state index contributed by atoms with van der Waals surface area (Å²) in [5.74, 6) is 2.57. The van der Waals surface area contributed by atoms with Crippen molar-refractivity contribution in [3.05, 3.63) is 5.56 Å². The zero-order valence-corrected chi connectivity index (χ0v) is 10.1. The highest BCUT2D eigenvalue weighted by atomic mass is 32.2. The average Bonchev–Trinajstić information content (AvgIpc) is 2.60. The van der Waals surface area contributed by atoms with E-state index >= 15 is 0 Å². The SMILES string of the molecule is CC1CSCCN1c1snc(N)c1C#N. The summed E-state index contributed by atoms with van der Waals surface area (Å²) >= 11 is 3.28. The summed E-state index contributed by atoms with van der Waals surface area (Å²) in [6, 6.07) is 2.59. The molecule has 1 aliphatic rings. The van der Waals surface area contributed by atoms with E-state index in [-0.39, 0.29) is 0 Å². The molecule has 4 nitrogen and oxygen atoms in total. The summed E-state index contributed by atoms with van der Waals surface area (Å²) in [4.78, 5) is 2.24. The molecule has 1 unspecified atom stereocenters. The Morgan fingerprint density at radius 1 is 1.67 bits per heavy atom. The molecule has 0 amide bonds. The predicted molar refractivity (Wildman–Crippen MR) is 65.4 cm³/mol. The summed E-state index contributed by atoms with van der Waals surface area (Å²) in [6.07, 6.45) is 0. The second kappa shape index (κ2) is 4.29. The van der Waals surface area contributed by atoms with Gasteiger partial charge in [-0.25, -0.2) is 0 Å². The number of anilines is 2. The van der Waals surface area contributed by atoms with Crippen molar-refractivity contribution in [2.75, 3.05) is 28.7 Å². The van der Waals surface area contributed by atoms with Crippen LogP contribution in [-0.4, -0.2) is 28.5 Å². The van der Waals surface area contributed by atoms with Gasteiger partial charge in [0, 0.05) is 24.1 Å². The van der Waals surface area contributed by atoms with Gasteiger partial charge in [0.1, 0.15) is 16.6 Å². The second-order valence-electron chi connectivity index (χ2n) is 3.48. The van der Waals surface area contributed by atoms with Crippen molar-refractivity contribution in [1.29, 1.82) is 5.26 Å². The molecule has 2 rings (SSSR count). The van der Waals surface area contributed by atoms with Gasteiger partial charge in [-0.3, -0.25) is 0 Å². The third-order valence-electron chi connectivity index (χ3n) is 2.44. The zero-order valence-electron chi connectivity index (χ0n) is 8.43. The highest BCUT2D eigenvalue weighted by molar-refractivity contribution is 7.99. The zero-order chi connectivity index (χ0) is 10.8. The fourth-order valence-electron chi connectivity index (χ4n) is 1.62. The van der Waals surface area contributed by atoms with Gasteiger partial charge < -0.3 is 10.6 Å². The summed E-state index contributed by atoms with van der Waals surface area (Å²) in [7, 11) is 0. The van der Waals surface area contributed by atoms with Gasteiger partial charge in [-0.1, -0.05) is 0 Å². The molecule has 1 saturated heterocycles. The van der Waals surface area contributed by atoms with Crippen molar-refractivity contribution in [2.24, 2.45) is 0 Å². The Bertz CT molecular complexity index is 395. The van der Waals surface area contributed by atoms with Crippen LogP contribution in [0.3, 0.4) is 0 Å². The lowest BCUT2D eigenvalue weighted by Gasteiger charge is -2.33. The van der Waals surface area contributed by atoms with E-state index in [0.29, 0.717) is 17.4 Å². The molecule has 1 atom stereocenters. The molecule has 6 heteroatoms. The Hall–Kier alpha value is -0.930. The van der Waals surface area contributed by atoms with Crippen molar-refractivity contribution < 1.29 is 0 Å². The maximum Gasteiger partial charge on any atom is 0.157 e. The molecule has 1 fully saturated rings. The fraction of sp³-hybridized carbons (Fsp3) is 0.556. The van der Waals surface area contributed by atoms with Crippen LogP contribution in [0.4, 0.5) is 10.8 Å². The van der Waals surface area contributed by atoms with Gasteiger partial charge in [0.15, 0.2) is 5.82 Å². The Morgan fingerprint density at radius 2 is 2.47 bits per heavy atom. The molecule has 2 heterocycles. The molecule has 0 aliphatic carbocycles. The smallest absolute Gasteiger partial charge is 0.157 e. The molecule has 2 N–H and O–H groups in total. The minimum atomic E-state index is 0.364. The molecule has 15 heavy (non-hydrogen) atoms. The molecule has 0 radical (unpaired) electrons. The first kappa shape index (κ1) is 10.6. The van der Waals surface area contributed by atoms with Crippen molar-refractivity contribution in [2.45, 2.75) is 13.0 Å². The van der Waals surface area contributed by atoms with E-state index in [1.54, 1.807) is 0 Å². The number of nitrogens with two attached hydrogens (primary N) is 1. The summed E-state index contributed by atoms with van der Waals surface area (Å²) < 4.78 is 4.05. The van der Waals surface area contributed by atoms with Crippen molar-refractivity contribution in [3.63, 3.8) is 0 Å². The first-order valence-electron chi connectivity index (χ1n) is 4.73. The van der Waals surface area contributed by atoms with E-state index in [0.717, 1.165) is 23.1 Å². The van der Waals surface area contributed by atoms with Gasteiger partial charge in [-0.2, -0.15) is 21.4 Å². The van der Waals surface area contributed by atoms with E-state index in [1.165, 1.54) is 11.5 Å². The third-order valence-corrected chi connectivity index (χ3v) is 4.53. The minimum Gasteiger partial charge on any atom is -0.382 e. The van der Waals surface area contributed by atoms with Crippen LogP contribution in [0.15, 0.2) is 0 Å². The summed E-state index contributed by atoms with van der Waals surface area (Å²) in [6.45, 7) is 3.14. The van der Waals surface area contributed by atoms with Crippen LogP contribution >= 0.6 is 23.3 Å². The minimum absolute atomic E-state index is 0.364. The molecule has 80 valence electrons. The van der Waals surface area contributed by atoms with Crippen LogP contribution in [-0.2, 0) is 0 Å². The van der Waals surface area contributed by atoms with Crippen LogP contribution < -0.4 is 10.6 Å². The average molecular weight is 240 g/mol. The number of nitrogen functional groups attached to an aromatic ring is 1. The number of aromatic nitrogens is 1. The first-order chi connectivity index (χ1) is 7.24. The molecular weight excluding hydrogens is 228 g/mol. The first-order valence-corrected chi connectivity index (χ1v) is 6.66. The molecular formula is C9H12N4S2. The van der Waals surface area contributed by atoms with Crippen molar-refractivity contribution in [1.82, 2.24) is 4.37 Å². The number of hydrogen-bond acceptors (Lipinski definition) is 6. The molecule has 0 aromatic carbocycles. The van der Waals surface area contributed by atoms with Crippen LogP contribution in [0, 0.1) is 11.3 Å². The summed E-state index contributed by atoms with van der Waals surface area (Å²) in [5, 5.41) is 9.94. The van der Waals surface area contributed by atoms with Crippen LogP contribution in [0.2, 0.25) is 0 Å². The second-order valence-corrected chi connectivity index (χ2v) is 5.38. The van der Waals surface area contributed by atoms with Gasteiger partial charge in [0.2, 0.25) is 0 Å². The molecule has 0 spiro atoms. The van der Waals surface area contributed by atoms with Gasteiger partial charge in [0.05, 0.1) is 0 Å². The van der Waals surface area contributed by atoms with Gasteiger partial charge in [0.25, 0.3) is 0 Å². The predicted octanol–water partition coefficient (Wildman–Crippen LogP) is 1.54. The molecule has 1 aliphatic heterocycles. The molecule has 0 bridgehead atoms. The van der Waals surface area contributed by atoms with Crippen molar-refractivity contribution in [3.8, 4) is 6.07 Å². The van der Waals surface area contributed by atoms with Crippen molar-refractivity contribution >= 4 is 34.1 Å². The Labute approximate surface area is 97.2 Å². The monoisotopic (exact) mass is 240 g/mol. The fourth-order valence-corrected chi connectivity index (χ4v) is 3.53. The van der Waals surface area contributed by atoms with E-state index in [9.17, 15) is 0 Å². The Kier molecular flexibility index (Phi) is 3.03. The number of thioether (sulfide) groups is 1. The highest BCUT2D eigenvalue weighted by Gasteiger charge is 2.24. The lowest BCUT2D eigenvalue weighted by Crippen LogP contribution is -2.40. The van der Waals surface area contributed by atoms with Crippen LogP contribution in [0.5, 0.6) is 0 Å². The van der Waals surface area contributed by atoms with Gasteiger partial charge in [-0.15, -0.1) is 0 Å². The maximum atomic E-state index is 9.01. The number of nitriles is 1. The highest BCUT2D eigenvalue weighted by Crippen LogP contribution is 2.33. The lowest BCUT2D eigenvalue weighted by molar-refractivity contribution is 0.705. The van der Waals surface area contributed by atoms with Gasteiger partial charge in [-0.05, 0) is 18.5 Å². The number of hydrogen-bond donors (Lipinski definition) is 1. The van der Waals surface area contributed by atoms with Gasteiger partial charge >= 0.3 is 0 Å². The van der Waals surface area contributed by atoms with E-state index < -0.39 is 0 Å². The maximum absolute atomic E-state index is 9.01. The number of nitrogens with zero attached hydrogens (tertiary/aromatic N) is 3. The van der Waals surface area contributed by atoms with Crippen LogP contribution in [0.25, 0.3) is 0 Å². The van der Waals surface area contributed by atoms with Crippen LogP contribution in [0.1, 0.15) is 12.5 Å². The molecule has 1 aromatic rings. The van der Waals surface area contributed by atoms with E-state index in [4.69, 9.17) is 11.0 Å². The topological polar surface area (TPSA) is 65.9 Å². The lowest BCUT2D eigenvalue weighted by atomic mass is 10.2. The molecule has 1 aromatic heterocycles. The largest absolute Gasteiger partial charge is 0.382 e. The Morgan fingerprint density at radius 3 is 3.13 bits per heavy atom. The normalized spacial score (nSPS) is 21.3. The summed E-state index contributed by atoms with van der Waals surface area (Å²) in [5.41, 5.74) is 6.19. The third kappa shape index (κ3) is 1.90. The number of rotatable bonds is 1. The van der Waals surface area contributed by atoms with E-state index in [2.05, 4.69) is 22.3 Å². The quantitative estimate of drug-likeness (QED) is 0.806. The standard InChI is InChI=1S/C9H12N4S2/c1-6-5-14-3-2-13(6)9-7(4-10)8(11)12-15-9/h6H,2-3,5H2,1H3,(H2,11,12). The Balaban J connectivity index is 2.32.